The summed E-state index contributed by atoms with van der Waals surface area (Å²) < 4.78 is 8.44. The van der Waals surface area contributed by atoms with Gasteiger partial charge in [-0.1, -0.05) is 23.7 Å². The molecule has 1 heterocycles. The van der Waals surface area contributed by atoms with E-state index in [-0.39, 0.29) is 0 Å². The predicted molar refractivity (Wildman–Crippen MR) is 84.7 cm³/mol. The third-order valence-electron chi connectivity index (χ3n) is 3.08. The molecule has 7 heteroatoms. The number of primary amides is 1. The van der Waals surface area contributed by atoms with Crippen LogP contribution in [0.1, 0.15) is 15.9 Å². The van der Waals surface area contributed by atoms with Gasteiger partial charge in [0.25, 0.3) is 0 Å². The molecule has 106 valence electrons. The van der Waals surface area contributed by atoms with Gasteiger partial charge in [0.1, 0.15) is 11.0 Å². The highest BCUT2D eigenvalue weighted by molar-refractivity contribution is 7.00. The number of anilines is 1. The van der Waals surface area contributed by atoms with Crippen molar-refractivity contribution in [2.45, 2.75) is 6.54 Å². The molecule has 0 fully saturated rings. The monoisotopic (exact) mass is 318 g/mol. The second-order valence-corrected chi connectivity index (χ2v) is 5.40. The maximum Gasteiger partial charge on any atom is 0.248 e. The molecule has 21 heavy (non-hydrogen) atoms. The molecule has 0 saturated heterocycles. The molecule has 3 aromatic rings. The molecule has 0 aliphatic heterocycles. The summed E-state index contributed by atoms with van der Waals surface area (Å²) in [5.41, 5.74) is 9.06. The Balaban J connectivity index is 1.81. The van der Waals surface area contributed by atoms with Gasteiger partial charge in [0, 0.05) is 12.1 Å². The van der Waals surface area contributed by atoms with E-state index < -0.39 is 5.91 Å². The van der Waals surface area contributed by atoms with Gasteiger partial charge in [0.05, 0.1) is 22.4 Å². The number of carbonyl (C=O) groups excluding carboxylic acids is 1. The minimum absolute atomic E-state index is 0.434. The molecular formula is C14H11ClN4OS. The minimum atomic E-state index is -0.434. The highest BCUT2D eigenvalue weighted by atomic mass is 35.5. The second kappa shape index (κ2) is 5.67. The third kappa shape index (κ3) is 2.81. The number of nitrogens with two attached hydrogens (primary N) is 1. The summed E-state index contributed by atoms with van der Waals surface area (Å²) in [6, 6.07) is 10.7. The van der Waals surface area contributed by atoms with Gasteiger partial charge in [-0.15, -0.1) is 0 Å². The van der Waals surface area contributed by atoms with E-state index in [1.54, 1.807) is 18.2 Å². The van der Waals surface area contributed by atoms with Gasteiger partial charge < -0.3 is 11.1 Å². The molecule has 0 atom stereocenters. The fourth-order valence-electron chi connectivity index (χ4n) is 1.97. The van der Waals surface area contributed by atoms with Crippen LogP contribution in [0.25, 0.3) is 11.0 Å². The lowest BCUT2D eigenvalue weighted by atomic mass is 10.1. The molecule has 0 bridgehead atoms. The first-order valence-corrected chi connectivity index (χ1v) is 7.29. The standard InChI is InChI=1S/C14H11ClN4OS/c15-10-5-6-11-13(19-21-18-11)12(10)17-7-8-1-3-9(4-2-8)14(16)20/h1-6,17H,7H2,(H2,16,20). The molecule has 3 N–H and O–H groups in total. The highest BCUT2D eigenvalue weighted by Crippen LogP contribution is 2.30. The van der Waals surface area contributed by atoms with Crippen molar-refractivity contribution in [2.75, 3.05) is 5.32 Å². The second-order valence-electron chi connectivity index (χ2n) is 4.47. The fourth-order valence-corrected chi connectivity index (χ4v) is 2.73. The summed E-state index contributed by atoms with van der Waals surface area (Å²) in [6.07, 6.45) is 0. The number of benzene rings is 2. The van der Waals surface area contributed by atoms with Gasteiger partial charge in [0.15, 0.2) is 0 Å². The topological polar surface area (TPSA) is 80.9 Å². The summed E-state index contributed by atoms with van der Waals surface area (Å²) in [7, 11) is 0. The van der Waals surface area contributed by atoms with Crippen molar-refractivity contribution in [1.29, 1.82) is 0 Å². The van der Waals surface area contributed by atoms with Crippen molar-refractivity contribution in [2.24, 2.45) is 5.73 Å². The number of fused-ring (bicyclic) bond motifs is 1. The minimum Gasteiger partial charge on any atom is -0.378 e. The maximum atomic E-state index is 11.0. The van der Waals surface area contributed by atoms with E-state index in [0.717, 1.165) is 34.0 Å². The van der Waals surface area contributed by atoms with Crippen LogP contribution in [0.5, 0.6) is 0 Å². The molecule has 0 saturated carbocycles. The summed E-state index contributed by atoms with van der Waals surface area (Å²) >= 11 is 7.36. The molecule has 0 aliphatic rings. The summed E-state index contributed by atoms with van der Waals surface area (Å²) in [5.74, 6) is -0.434. The van der Waals surface area contributed by atoms with Gasteiger partial charge >= 0.3 is 0 Å². The summed E-state index contributed by atoms with van der Waals surface area (Å²) in [5, 5.41) is 3.86. The van der Waals surface area contributed by atoms with Crippen molar-refractivity contribution in [3.8, 4) is 0 Å². The lowest BCUT2D eigenvalue weighted by Gasteiger charge is -2.09. The molecule has 0 spiro atoms. The van der Waals surface area contributed by atoms with E-state index in [9.17, 15) is 4.79 Å². The first-order valence-electron chi connectivity index (χ1n) is 6.18. The number of nitrogens with zero attached hydrogens (tertiary/aromatic N) is 2. The summed E-state index contributed by atoms with van der Waals surface area (Å²) in [4.78, 5) is 11.0. The average Bonchev–Trinajstić information content (AvgIpc) is 2.95. The van der Waals surface area contributed by atoms with Crippen molar-refractivity contribution in [1.82, 2.24) is 8.75 Å². The zero-order valence-electron chi connectivity index (χ0n) is 10.8. The lowest BCUT2D eigenvalue weighted by Crippen LogP contribution is -2.10. The molecule has 1 amide bonds. The van der Waals surface area contributed by atoms with Crippen molar-refractivity contribution >= 4 is 46.0 Å². The first-order chi connectivity index (χ1) is 10.1. The normalized spacial score (nSPS) is 10.7. The van der Waals surface area contributed by atoms with Crippen LogP contribution in [0.2, 0.25) is 5.02 Å². The molecule has 3 rings (SSSR count). The van der Waals surface area contributed by atoms with E-state index in [0.29, 0.717) is 17.1 Å². The van der Waals surface area contributed by atoms with Crippen LogP contribution >= 0.6 is 23.3 Å². The largest absolute Gasteiger partial charge is 0.378 e. The van der Waals surface area contributed by atoms with E-state index in [4.69, 9.17) is 17.3 Å². The number of halogens is 1. The molecule has 0 radical (unpaired) electrons. The van der Waals surface area contributed by atoms with Crippen LogP contribution in [-0.4, -0.2) is 14.7 Å². The Kier molecular flexibility index (Phi) is 3.72. The number of carbonyl (C=O) groups is 1. The summed E-state index contributed by atoms with van der Waals surface area (Å²) in [6.45, 7) is 0.565. The van der Waals surface area contributed by atoms with Crippen molar-refractivity contribution < 1.29 is 4.79 Å². The Morgan fingerprint density at radius 1 is 1.19 bits per heavy atom. The van der Waals surface area contributed by atoms with Gasteiger partial charge in [0.2, 0.25) is 5.91 Å². The smallest absolute Gasteiger partial charge is 0.248 e. The average molecular weight is 319 g/mol. The predicted octanol–water partition coefficient (Wildman–Crippen LogP) is 3.06. The van der Waals surface area contributed by atoms with E-state index in [1.807, 2.05) is 18.2 Å². The van der Waals surface area contributed by atoms with E-state index >= 15 is 0 Å². The number of hydrogen-bond acceptors (Lipinski definition) is 5. The van der Waals surface area contributed by atoms with Gasteiger partial charge in [-0.2, -0.15) is 8.75 Å². The van der Waals surface area contributed by atoms with Gasteiger partial charge in [-0.25, -0.2) is 0 Å². The Labute approximate surface area is 130 Å². The number of nitrogens with one attached hydrogen (secondary N) is 1. The zero-order chi connectivity index (χ0) is 14.8. The Morgan fingerprint density at radius 3 is 2.67 bits per heavy atom. The van der Waals surface area contributed by atoms with E-state index in [2.05, 4.69) is 14.1 Å². The SMILES string of the molecule is NC(=O)c1ccc(CNc2c(Cl)ccc3nsnc23)cc1. The number of rotatable bonds is 4. The highest BCUT2D eigenvalue weighted by Gasteiger charge is 2.09. The fraction of sp³-hybridized carbons (Fsp3) is 0.0714. The number of amides is 1. The lowest BCUT2D eigenvalue weighted by molar-refractivity contribution is 0.100. The molecule has 1 aromatic heterocycles. The molecule has 0 unspecified atom stereocenters. The van der Waals surface area contributed by atoms with Crippen molar-refractivity contribution in [3.63, 3.8) is 0 Å². The maximum absolute atomic E-state index is 11.0. The van der Waals surface area contributed by atoms with Crippen LogP contribution in [0.15, 0.2) is 36.4 Å². The van der Waals surface area contributed by atoms with Crippen LogP contribution < -0.4 is 11.1 Å². The zero-order valence-corrected chi connectivity index (χ0v) is 12.4. The Morgan fingerprint density at radius 2 is 1.95 bits per heavy atom. The molecule has 0 aliphatic carbocycles. The number of hydrogen-bond donors (Lipinski definition) is 2. The quantitative estimate of drug-likeness (QED) is 0.774. The van der Waals surface area contributed by atoms with Crippen LogP contribution in [-0.2, 0) is 6.54 Å². The van der Waals surface area contributed by atoms with Crippen molar-refractivity contribution in [3.05, 3.63) is 52.5 Å². The third-order valence-corrected chi connectivity index (χ3v) is 3.94. The van der Waals surface area contributed by atoms with Gasteiger partial charge in [-0.05, 0) is 29.8 Å². The van der Waals surface area contributed by atoms with Crippen LogP contribution in [0.3, 0.4) is 0 Å². The number of aromatic nitrogens is 2. The Hall–Kier alpha value is -2.18. The Bertz CT molecular complexity index is 800. The van der Waals surface area contributed by atoms with Gasteiger partial charge in [-0.3, -0.25) is 4.79 Å². The molecule has 2 aromatic carbocycles. The van der Waals surface area contributed by atoms with Crippen LogP contribution in [0, 0.1) is 0 Å². The molecular weight excluding hydrogens is 308 g/mol. The van der Waals surface area contributed by atoms with Crippen LogP contribution in [0.4, 0.5) is 5.69 Å². The molecule has 5 nitrogen and oxygen atoms in total. The first kappa shape index (κ1) is 13.8. The van der Waals surface area contributed by atoms with E-state index in [1.165, 1.54) is 0 Å².